The fraction of sp³-hybridized carbons (Fsp3) is 0.813. The molecule has 31 heteroatoms. The van der Waals surface area contributed by atoms with Gasteiger partial charge in [0.1, 0.15) is 53.9 Å². The van der Waals surface area contributed by atoms with Crippen LogP contribution in [0.1, 0.15) is 176 Å². The van der Waals surface area contributed by atoms with Gasteiger partial charge in [-0.05, 0) is 139 Å². The molecule has 3 heterocycles. The second kappa shape index (κ2) is 37.9. The number of carbonyl (C=O) groups is 12. The van der Waals surface area contributed by atoms with Crippen molar-refractivity contribution >= 4 is 94.1 Å². The highest BCUT2D eigenvalue weighted by atomic mass is 35.5. The highest BCUT2D eigenvalue weighted by Gasteiger charge is 2.59. The number of alkyl halides is 5. The van der Waals surface area contributed by atoms with Crippen molar-refractivity contribution in [1.29, 1.82) is 0 Å². The molecule has 0 aromatic heterocycles. The van der Waals surface area contributed by atoms with Gasteiger partial charge in [-0.3, -0.25) is 57.5 Å². The molecule has 3 N–H and O–H groups in total. The van der Waals surface area contributed by atoms with Crippen molar-refractivity contribution in [2.75, 3.05) is 103 Å². The van der Waals surface area contributed by atoms with Crippen molar-refractivity contribution in [3.8, 4) is 0 Å². The van der Waals surface area contributed by atoms with E-state index in [2.05, 4.69) is 16.0 Å². The van der Waals surface area contributed by atoms with E-state index >= 15 is 28.8 Å². The minimum atomic E-state index is -4.45. The van der Waals surface area contributed by atoms with Gasteiger partial charge in [0, 0.05) is 95.0 Å². The zero-order chi connectivity index (χ0) is 78.6. The second-order valence-corrected chi connectivity index (χ2v) is 33.4. The van der Waals surface area contributed by atoms with E-state index in [9.17, 15) is 41.9 Å². The van der Waals surface area contributed by atoms with Crippen molar-refractivity contribution in [3.63, 3.8) is 0 Å². The summed E-state index contributed by atoms with van der Waals surface area (Å²) in [5, 5.41) is 8.17. The average Bonchev–Trinajstić information content (AvgIpc) is 0.904. The van der Waals surface area contributed by atoms with Crippen LogP contribution in [0.3, 0.4) is 0 Å². The molecule has 4 saturated carbocycles. The number of amides is 12. The maximum absolute atomic E-state index is 15.9. The lowest BCUT2D eigenvalue weighted by atomic mass is 9.58. The zero-order valence-electron chi connectivity index (χ0n) is 64.8. The number of hydrogen-bond donors (Lipinski definition) is 3. The molecule has 2 saturated heterocycles. The third-order valence-corrected chi connectivity index (χ3v) is 24.8. The predicted molar refractivity (Wildman–Crippen MR) is 392 cm³/mol. The number of likely N-dealkylation sites (N-methyl/N-ethyl adjacent to an activating group) is 7. The molecule has 7 rings (SSSR count). The monoisotopic (exact) mass is 1540 g/mol. The number of nitrogens with zero attached hydrogens (tertiary/aromatic N) is 9. The number of halogens is 5. The van der Waals surface area contributed by atoms with Gasteiger partial charge < -0.3 is 69.5 Å². The van der Waals surface area contributed by atoms with Crippen molar-refractivity contribution in [1.82, 2.24) is 60.0 Å². The van der Waals surface area contributed by atoms with Gasteiger partial charge in [0.05, 0.1) is 43.5 Å². The van der Waals surface area contributed by atoms with Crippen LogP contribution in [0, 0.1) is 35.0 Å². The summed E-state index contributed by atoms with van der Waals surface area (Å²) in [6, 6.07) is -10.7. The fourth-order valence-electron chi connectivity index (χ4n) is 17.3. The standard InChI is InChI=1S/C75H119Cl2F3N12O14/c1-15-45(3)62-70(102)86(9)41-61(95)87(10)54-25-21-18-22-34-91(69(54)101)57(36-47-26-30-49(31-27-47)75(78,79)80)68(100)85(8)40-59(93)81-53(33-29-46-28-32-51(76)52(77)35-46)66(98)92-39-50(106-16-2)37-55(92)65(97)83-74(43-73(4,5)44-74)72(104)90(13)63(48-23-19-17-20-24-48)71(103)89(12)56(67(99)84(6)7)38-60(94)88(11)58(42-105-14)64(96)82-62/h18,21,45-58,62-63H,15-17,19-20,22-44H2,1-14H3,(H,81,93)(H,82,96)(H,83,97)/b21-18-/t45-,46?,47?,49?,50+,51?,52?,53-,54-,55-,56-,57-,58-,62-,63-/m0/s1. The van der Waals surface area contributed by atoms with Crippen molar-refractivity contribution in [2.45, 2.75) is 253 Å². The zero-order valence-corrected chi connectivity index (χ0v) is 66.3. The quantitative estimate of drug-likeness (QED) is 0.147. The summed E-state index contributed by atoms with van der Waals surface area (Å²) in [6.07, 6.45) is 3.69. The Morgan fingerprint density at radius 2 is 1.32 bits per heavy atom. The molecule has 12 amide bonds. The van der Waals surface area contributed by atoms with Gasteiger partial charge in [-0.15, -0.1) is 23.2 Å². The third-order valence-electron chi connectivity index (χ3n) is 23.7. The number of rotatable bonds is 13. The van der Waals surface area contributed by atoms with E-state index in [4.69, 9.17) is 32.7 Å². The van der Waals surface area contributed by atoms with Crippen molar-refractivity contribution in [3.05, 3.63) is 12.2 Å². The maximum Gasteiger partial charge on any atom is 0.391 e. The highest BCUT2D eigenvalue weighted by Crippen LogP contribution is 2.50. The van der Waals surface area contributed by atoms with Crippen molar-refractivity contribution in [2.24, 2.45) is 35.0 Å². The third kappa shape index (κ3) is 21.4. The first-order chi connectivity index (χ1) is 49.8. The van der Waals surface area contributed by atoms with Crippen LogP contribution >= 0.6 is 23.2 Å². The Labute approximate surface area is 634 Å². The van der Waals surface area contributed by atoms with Gasteiger partial charge in [-0.1, -0.05) is 65.5 Å². The van der Waals surface area contributed by atoms with Crippen LogP contribution in [0.25, 0.3) is 0 Å². The molecular formula is C75H119Cl2F3N12O14. The van der Waals surface area contributed by atoms with E-state index in [1.54, 1.807) is 32.9 Å². The Morgan fingerprint density at radius 3 is 1.92 bits per heavy atom. The number of hydrogen-bond acceptors (Lipinski definition) is 14. The van der Waals surface area contributed by atoms with Gasteiger partial charge in [-0.2, -0.15) is 13.2 Å². The number of nitrogens with one attached hydrogen (secondary N) is 3. The van der Waals surface area contributed by atoms with Crippen LogP contribution in [-0.2, 0) is 67.0 Å². The first kappa shape index (κ1) is 86.9. The molecule has 3 aliphatic heterocycles. The summed E-state index contributed by atoms with van der Waals surface area (Å²) in [6.45, 7) is 7.51. The summed E-state index contributed by atoms with van der Waals surface area (Å²) < 4.78 is 54.1. The summed E-state index contributed by atoms with van der Waals surface area (Å²) in [5.74, 6) is -11.5. The Balaban J connectivity index is 1.33. The SMILES string of the molecule is CCO[C@@H]1C[C@H]2C(=O)NC3(CC(C)(C)C3)C(=O)N(C)[C@@H](C3CCCCC3)C(=O)N(C)[C@H](C(=O)N(C)C)CC(=O)N(C)[C@@H](COC)C(=O)N[C@@H]([C@@H](C)CC)C(=O)N(C)CC(=O)N(C)[C@H]3C/C=C\CCN(C3=O)[C@@H](CC3CCC(C(F)(F)F)CC3)C(=O)N(C)CC(=O)N[C@@H](CCC3CCC(Cl)C(Cl)C3)C(=O)N2C1. The molecule has 2 bridgehead atoms. The number of fused-ring (bicyclic) bond motifs is 3. The predicted octanol–water partition coefficient (Wildman–Crippen LogP) is 5.73. The molecule has 26 nitrogen and oxygen atoms in total. The van der Waals surface area contributed by atoms with E-state index in [0.717, 1.165) is 38.9 Å². The van der Waals surface area contributed by atoms with E-state index in [1.165, 1.54) is 88.0 Å². The number of carbonyl (C=O) groups excluding carboxylic acids is 12. The van der Waals surface area contributed by atoms with Crippen LogP contribution < -0.4 is 16.0 Å². The van der Waals surface area contributed by atoms with E-state index < -0.39 is 192 Å². The normalized spacial score (nSPS) is 32.0. The second-order valence-electron chi connectivity index (χ2n) is 32.3. The Morgan fingerprint density at radius 1 is 0.679 bits per heavy atom. The Kier molecular flexibility index (Phi) is 31.0. The Bertz CT molecular complexity index is 3160. The van der Waals surface area contributed by atoms with Crippen LogP contribution in [0.5, 0.6) is 0 Å². The van der Waals surface area contributed by atoms with Gasteiger partial charge in [0.2, 0.25) is 70.9 Å². The first-order valence-corrected chi connectivity index (χ1v) is 39.1. The molecule has 598 valence electrons. The molecule has 3 unspecified atom stereocenters. The van der Waals surface area contributed by atoms with Crippen LogP contribution in [0.15, 0.2) is 12.2 Å². The smallest absolute Gasteiger partial charge is 0.382 e. The molecule has 13 atom stereocenters. The van der Waals surface area contributed by atoms with Gasteiger partial charge in [0.15, 0.2) is 0 Å². The van der Waals surface area contributed by atoms with Crippen LogP contribution in [-0.4, -0.2) is 295 Å². The maximum atomic E-state index is 15.9. The van der Waals surface area contributed by atoms with Crippen molar-refractivity contribution < 1.29 is 80.2 Å². The molecule has 7 aliphatic rings. The van der Waals surface area contributed by atoms with E-state index in [1.807, 2.05) is 13.8 Å². The molecular weight excluding hydrogens is 1420 g/mol. The van der Waals surface area contributed by atoms with Gasteiger partial charge >= 0.3 is 6.18 Å². The lowest BCUT2D eigenvalue weighted by molar-refractivity contribution is -0.184. The van der Waals surface area contributed by atoms with Crippen LogP contribution in [0.2, 0.25) is 0 Å². The minimum absolute atomic E-state index is 0.00901. The number of methoxy groups -OCH3 is 1. The molecule has 0 aromatic carbocycles. The lowest BCUT2D eigenvalue weighted by Crippen LogP contribution is -2.71. The highest BCUT2D eigenvalue weighted by molar-refractivity contribution is 6.30. The minimum Gasteiger partial charge on any atom is -0.382 e. The fourth-order valence-corrected chi connectivity index (χ4v) is 17.9. The summed E-state index contributed by atoms with van der Waals surface area (Å²) in [5.41, 5.74) is -2.15. The van der Waals surface area contributed by atoms with E-state index in [-0.39, 0.29) is 107 Å². The molecule has 4 aliphatic carbocycles. The van der Waals surface area contributed by atoms with E-state index in [0.29, 0.717) is 44.9 Å². The Hall–Kier alpha value is -6.33. The molecule has 6 fully saturated rings. The largest absolute Gasteiger partial charge is 0.391 e. The summed E-state index contributed by atoms with van der Waals surface area (Å²) >= 11 is 13.3. The lowest BCUT2D eigenvalue weighted by Gasteiger charge is -2.54. The first-order valence-electron chi connectivity index (χ1n) is 38.2. The molecule has 1 spiro atoms. The number of ether oxygens (including phenoxy) is 2. The van der Waals surface area contributed by atoms with Gasteiger partial charge in [-0.25, -0.2) is 0 Å². The van der Waals surface area contributed by atoms with Gasteiger partial charge in [0.25, 0.3) is 0 Å². The summed E-state index contributed by atoms with van der Waals surface area (Å²) in [4.78, 5) is 193. The molecule has 0 aromatic rings. The van der Waals surface area contributed by atoms with Crippen LogP contribution in [0.4, 0.5) is 13.2 Å². The topological polar surface area (TPSA) is 289 Å². The summed E-state index contributed by atoms with van der Waals surface area (Å²) in [7, 11) is 12.5. The average molecular weight is 1540 g/mol. The molecule has 0 radical (unpaired) electrons. The molecule has 106 heavy (non-hydrogen) atoms.